The minimum Gasteiger partial charge on any atom is -1.00 e. The van der Waals surface area contributed by atoms with Crippen molar-refractivity contribution in [3.05, 3.63) is 0 Å². The van der Waals surface area contributed by atoms with Crippen molar-refractivity contribution in [3.8, 4) is 0 Å². The molecular formula is B3Be3F4NaO9Sr3. The number of halogens is 4. The average molecular weight is 565 g/mol. The van der Waals surface area contributed by atoms with E-state index in [0.717, 1.165) is 0 Å². The molecule has 0 bridgehead atoms. The molecule has 23 heavy (non-hydrogen) atoms. The molecule has 0 rings (SSSR count). The Labute approximate surface area is 276 Å². The summed E-state index contributed by atoms with van der Waals surface area (Å²) in [6.45, 7) is 0. The van der Waals surface area contributed by atoms with E-state index in [1.165, 1.54) is 0 Å². The third kappa shape index (κ3) is 591. The standard InChI is InChI=1S/3BO3.3Be.4FH.Na.3Sr/c3*2-1(3)4;;;;;;;;;;;/h;;;;;;4*1H;;;;/q3*-3;3*+2;;;;;+1;3*+2/p-4. The molecule has 0 aromatic heterocycles. The maximum absolute atomic E-state index is 8.42. The Morgan fingerprint density at radius 3 is 0.348 bits per heavy atom. The Bertz CT molecular complexity index is 81.8. The van der Waals surface area contributed by atoms with Crippen LogP contribution >= 0.6 is 0 Å². The second kappa shape index (κ2) is 91.8. The molecule has 23 heteroatoms. The van der Waals surface area contributed by atoms with E-state index >= 15 is 0 Å². The molecule has 0 aliphatic rings. The van der Waals surface area contributed by atoms with Gasteiger partial charge in [-0.3, -0.25) is 22.0 Å². The summed E-state index contributed by atoms with van der Waals surface area (Å²) < 4.78 is 0. The molecule has 0 saturated heterocycles. The van der Waals surface area contributed by atoms with Gasteiger partial charge in [0, 0.05) is 0 Å². The summed E-state index contributed by atoms with van der Waals surface area (Å²) in [4.78, 5) is 0. The van der Waals surface area contributed by atoms with Crippen LogP contribution in [0, 0.1) is 0 Å². The fourth-order valence-corrected chi connectivity index (χ4v) is 0. The first-order valence-electron chi connectivity index (χ1n) is 2.12. The van der Waals surface area contributed by atoms with Gasteiger partial charge in [-0.25, -0.2) is 0 Å². The molecule has 0 aromatic rings. The predicted molar refractivity (Wildman–Crippen MR) is 51.8 cm³/mol. The van der Waals surface area contributed by atoms with Crippen LogP contribution in [0.3, 0.4) is 0 Å². The summed E-state index contributed by atoms with van der Waals surface area (Å²) in [6, 6.07) is 0. The molecule has 0 atom stereocenters. The zero-order chi connectivity index (χ0) is 10.7. The van der Waals surface area contributed by atoms with Gasteiger partial charge in [-0.1, -0.05) is 0 Å². The smallest absolute Gasteiger partial charge is 1.00 e. The second-order valence-corrected chi connectivity index (χ2v) is 0.866. The van der Waals surface area contributed by atoms with E-state index in [-0.39, 0.29) is 215 Å². The zero-order valence-corrected chi connectivity index (χ0v) is 24.6. The summed E-state index contributed by atoms with van der Waals surface area (Å²) in [6.07, 6.45) is 0. The second-order valence-electron chi connectivity index (χ2n) is 0.866. The third-order valence-corrected chi connectivity index (χ3v) is 0. The predicted octanol–water partition coefficient (Wildman–Crippen LogP) is -29.1. The van der Waals surface area contributed by atoms with E-state index in [2.05, 4.69) is 0 Å². The van der Waals surface area contributed by atoms with Crippen molar-refractivity contribution in [2.45, 2.75) is 0 Å². The van der Waals surface area contributed by atoms with Gasteiger partial charge >= 0.3 is 196 Å². The Hall–Kier alpha value is 5.50. The Morgan fingerprint density at radius 1 is 0.348 bits per heavy atom. The van der Waals surface area contributed by atoms with E-state index in [1.54, 1.807) is 0 Å². The van der Waals surface area contributed by atoms with Crippen LogP contribution in [0.4, 0.5) is 0 Å². The van der Waals surface area contributed by atoms with Gasteiger partial charge in [0.2, 0.25) is 0 Å². The van der Waals surface area contributed by atoms with Crippen LogP contribution in [-0.4, -0.2) is 189 Å². The SMILES string of the molecule is [Be+2].[Be+2].[Be+2].[F-].[F-].[F-].[F-].[Na+].[O-]B([O-])[O-].[O-]B([O-])[O-].[O-]B([O-])[O-].[Sr+2].[Sr+2].[Sr+2]. The number of rotatable bonds is 0. The van der Waals surface area contributed by atoms with Gasteiger partial charge in [-0.2, -0.15) is 0 Å². The summed E-state index contributed by atoms with van der Waals surface area (Å²) in [5, 5.41) is 75.8. The normalized spacial score (nSPS) is 3.52. The first-order chi connectivity index (χ1) is 5.20. The summed E-state index contributed by atoms with van der Waals surface area (Å²) >= 11 is 0. The van der Waals surface area contributed by atoms with E-state index < -0.39 is 22.0 Å². The van der Waals surface area contributed by atoms with Crippen LogP contribution in [-0.2, 0) is 0 Å². The molecule has 9 nitrogen and oxygen atoms in total. The molecule has 0 saturated carbocycles. The van der Waals surface area contributed by atoms with Crippen molar-refractivity contribution in [1.29, 1.82) is 0 Å². The molecule has 0 N–H and O–H groups in total. The summed E-state index contributed by atoms with van der Waals surface area (Å²) in [7, 11) is -8.75. The van der Waals surface area contributed by atoms with E-state index in [1.807, 2.05) is 0 Å². The molecule has 0 aromatic carbocycles. The maximum Gasteiger partial charge on any atom is 2.00 e. The number of hydrogen-bond acceptors (Lipinski definition) is 9. The summed E-state index contributed by atoms with van der Waals surface area (Å²) in [5.74, 6) is 0. The largest absolute Gasteiger partial charge is 2.00 e. The molecule has 0 spiro atoms. The van der Waals surface area contributed by atoms with Crippen molar-refractivity contribution >= 4 is 189 Å². The minimum absolute atomic E-state index is 0. The Balaban J connectivity index is -0.00000000355. The minimum atomic E-state index is -2.92. The molecule has 0 radical (unpaired) electrons. The molecular weight excluding hydrogens is 565 g/mol. The van der Waals surface area contributed by atoms with E-state index in [9.17, 15) is 0 Å². The van der Waals surface area contributed by atoms with Crippen LogP contribution in [0.2, 0.25) is 0 Å². The van der Waals surface area contributed by atoms with Gasteiger partial charge in [-0.05, 0) is 0 Å². The van der Waals surface area contributed by atoms with Crippen molar-refractivity contribution in [2.24, 2.45) is 0 Å². The first-order valence-corrected chi connectivity index (χ1v) is 2.12. The zero-order valence-electron chi connectivity index (χ0n) is 12.2. The number of hydrogen-bond donors (Lipinski definition) is 0. The van der Waals surface area contributed by atoms with Crippen LogP contribution in [0.5, 0.6) is 0 Å². The van der Waals surface area contributed by atoms with Crippen molar-refractivity contribution in [1.82, 2.24) is 0 Å². The Morgan fingerprint density at radius 2 is 0.348 bits per heavy atom. The molecule has 104 valence electrons. The molecule has 0 heterocycles. The molecule has 0 aliphatic heterocycles. The van der Waals surface area contributed by atoms with Gasteiger partial charge in [0.05, 0.1) is 0 Å². The van der Waals surface area contributed by atoms with Crippen molar-refractivity contribution < 1.29 is 93.6 Å². The van der Waals surface area contributed by atoms with Crippen LogP contribution < -0.4 is 93.6 Å². The Kier molecular flexibility index (Phi) is 409. The monoisotopic (exact) mass is 567 g/mol. The summed E-state index contributed by atoms with van der Waals surface area (Å²) in [5.41, 5.74) is 0. The molecule has 0 fully saturated rings. The van der Waals surface area contributed by atoms with Crippen LogP contribution in [0.25, 0.3) is 0 Å². The topological polar surface area (TPSA) is 208 Å². The van der Waals surface area contributed by atoms with Gasteiger partial charge in [0.15, 0.2) is 0 Å². The van der Waals surface area contributed by atoms with Crippen molar-refractivity contribution in [2.75, 3.05) is 0 Å². The van der Waals surface area contributed by atoms with Crippen molar-refractivity contribution in [3.63, 3.8) is 0 Å². The third-order valence-electron chi connectivity index (χ3n) is 0. The molecule has 0 unspecified atom stereocenters. The first kappa shape index (κ1) is 103. The average Bonchev–Trinajstić information content (AvgIpc) is 1.54. The maximum atomic E-state index is 8.42. The molecule has 0 amide bonds. The van der Waals surface area contributed by atoms with E-state index in [0.29, 0.717) is 0 Å². The quantitative estimate of drug-likeness (QED) is 0.202. The fourth-order valence-electron chi connectivity index (χ4n) is 0. The van der Waals surface area contributed by atoms with Gasteiger partial charge in [-0.15, -0.1) is 0 Å². The van der Waals surface area contributed by atoms with Gasteiger partial charge < -0.3 is 64.0 Å². The molecule has 0 aliphatic carbocycles. The fraction of sp³-hybridized carbons (Fsp3) is 0. The van der Waals surface area contributed by atoms with Crippen LogP contribution in [0.1, 0.15) is 0 Å². The van der Waals surface area contributed by atoms with Gasteiger partial charge in [0.1, 0.15) is 0 Å². The van der Waals surface area contributed by atoms with E-state index in [4.69, 9.17) is 45.2 Å². The van der Waals surface area contributed by atoms with Gasteiger partial charge in [0.25, 0.3) is 0 Å². The van der Waals surface area contributed by atoms with Crippen LogP contribution in [0.15, 0.2) is 0 Å².